The van der Waals surface area contributed by atoms with E-state index in [2.05, 4.69) is 10.3 Å². The fourth-order valence-electron chi connectivity index (χ4n) is 2.85. The number of hydrogen-bond donors (Lipinski definition) is 1. The summed E-state index contributed by atoms with van der Waals surface area (Å²) in [6.45, 7) is 2.32. The lowest BCUT2D eigenvalue weighted by Gasteiger charge is -2.27. The van der Waals surface area contributed by atoms with Gasteiger partial charge in [0.2, 0.25) is 6.29 Å². The number of fused-ring (bicyclic) bond motifs is 2. The smallest absolute Gasteiger partial charge is 0.232 e. The van der Waals surface area contributed by atoms with Gasteiger partial charge in [-0.25, -0.2) is 4.98 Å². The van der Waals surface area contributed by atoms with Gasteiger partial charge < -0.3 is 14.8 Å². The van der Waals surface area contributed by atoms with E-state index in [0.29, 0.717) is 23.5 Å². The second-order valence-electron chi connectivity index (χ2n) is 5.84. The van der Waals surface area contributed by atoms with Gasteiger partial charge in [0.1, 0.15) is 5.75 Å². The van der Waals surface area contributed by atoms with Crippen LogP contribution in [-0.2, 0) is 4.74 Å². The highest BCUT2D eigenvalue weighted by atomic mass is 32.2. The van der Waals surface area contributed by atoms with Crippen LogP contribution in [0.5, 0.6) is 5.75 Å². The Balaban J connectivity index is 1.64. The van der Waals surface area contributed by atoms with Crippen LogP contribution < -0.4 is 10.1 Å². The number of rotatable bonds is 5. The molecule has 1 aliphatic rings. The monoisotopic (exact) mass is 398 g/mol. The highest BCUT2D eigenvalue weighted by molar-refractivity contribution is 8.00. The van der Waals surface area contributed by atoms with Gasteiger partial charge in [-0.1, -0.05) is 23.9 Å². The molecule has 0 saturated carbocycles. The van der Waals surface area contributed by atoms with Crippen molar-refractivity contribution in [3.63, 3.8) is 0 Å². The van der Waals surface area contributed by atoms with Crippen molar-refractivity contribution in [3.8, 4) is 5.75 Å². The van der Waals surface area contributed by atoms with E-state index in [1.807, 2.05) is 43.5 Å². The normalized spacial score (nSPS) is 17.8. The molecule has 1 aromatic heterocycles. The van der Waals surface area contributed by atoms with Gasteiger partial charge in [0.25, 0.3) is 0 Å². The van der Waals surface area contributed by atoms with Gasteiger partial charge in [0.05, 0.1) is 21.4 Å². The van der Waals surface area contributed by atoms with Crippen molar-refractivity contribution >= 4 is 44.8 Å². The lowest BCUT2D eigenvalue weighted by atomic mass is 10.00. The summed E-state index contributed by atoms with van der Waals surface area (Å²) in [6, 6.07) is 13.2. The van der Waals surface area contributed by atoms with E-state index in [9.17, 15) is 4.79 Å². The Bertz CT molecular complexity index is 1030. The van der Waals surface area contributed by atoms with E-state index in [1.165, 1.54) is 0 Å². The minimum atomic E-state index is -0.722. The number of thioether (sulfide) groups is 1. The van der Waals surface area contributed by atoms with Gasteiger partial charge in [0, 0.05) is 18.5 Å². The number of benzene rings is 2. The lowest BCUT2D eigenvalue weighted by Crippen LogP contribution is -2.33. The summed E-state index contributed by atoms with van der Waals surface area (Å²) in [5.74, 6) is 0.458. The van der Waals surface area contributed by atoms with Gasteiger partial charge in [-0.05, 0) is 43.5 Å². The summed E-state index contributed by atoms with van der Waals surface area (Å²) < 4.78 is 13.6. The number of carbonyl (C=O) groups excluding carboxylic acids is 1. The van der Waals surface area contributed by atoms with Crippen molar-refractivity contribution in [1.82, 2.24) is 4.98 Å². The second kappa shape index (κ2) is 7.72. The zero-order valence-corrected chi connectivity index (χ0v) is 16.5. The molecule has 3 aromatic rings. The number of nitrogens with zero attached hydrogens (tertiary/aromatic N) is 1. The van der Waals surface area contributed by atoms with Crippen LogP contribution in [-0.4, -0.2) is 29.9 Å². The van der Waals surface area contributed by atoms with Gasteiger partial charge in [-0.2, -0.15) is 0 Å². The van der Waals surface area contributed by atoms with Crippen LogP contribution in [0.15, 0.2) is 58.6 Å². The van der Waals surface area contributed by atoms with Crippen LogP contribution in [0.4, 0.5) is 5.69 Å². The predicted octanol–water partition coefficient (Wildman–Crippen LogP) is 4.95. The number of Topliss-reactive ketones (excluding diaryl/α,β-unsaturated/α-hetero) is 1. The van der Waals surface area contributed by atoms with E-state index >= 15 is 0 Å². The SMILES string of the molecule is CCO[C@H]1Oc2ccccc2C(=O)/C1=C/Nc1ccc2nc(SC)sc2c1. The molecular formula is C20H18N2O3S2. The van der Waals surface area contributed by atoms with Gasteiger partial charge in [-0.15, -0.1) is 11.3 Å². The maximum absolute atomic E-state index is 12.9. The first-order valence-corrected chi connectivity index (χ1v) is 10.6. The number of aromatic nitrogens is 1. The number of ketones is 1. The van der Waals surface area contributed by atoms with Crippen LogP contribution in [0.1, 0.15) is 17.3 Å². The molecule has 5 nitrogen and oxygen atoms in total. The van der Waals surface area contributed by atoms with E-state index in [1.54, 1.807) is 41.4 Å². The van der Waals surface area contributed by atoms with Crippen molar-refractivity contribution in [2.24, 2.45) is 0 Å². The number of hydrogen-bond acceptors (Lipinski definition) is 7. The van der Waals surface area contributed by atoms with Crippen LogP contribution in [0.3, 0.4) is 0 Å². The molecule has 0 spiro atoms. The molecule has 0 unspecified atom stereocenters. The lowest BCUT2D eigenvalue weighted by molar-refractivity contribution is -0.0509. The van der Waals surface area contributed by atoms with E-state index in [-0.39, 0.29) is 5.78 Å². The summed E-state index contributed by atoms with van der Waals surface area (Å²) >= 11 is 3.28. The topological polar surface area (TPSA) is 60.5 Å². The number of carbonyl (C=O) groups is 1. The minimum Gasteiger partial charge on any atom is -0.460 e. The molecule has 1 N–H and O–H groups in total. The average molecular weight is 399 g/mol. The predicted molar refractivity (Wildman–Crippen MR) is 110 cm³/mol. The van der Waals surface area contributed by atoms with Crippen LogP contribution in [0.25, 0.3) is 10.2 Å². The Kier molecular flexibility index (Phi) is 5.15. The summed E-state index contributed by atoms with van der Waals surface area (Å²) in [6.07, 6.45) is 2.97. The van der Waals surface area contributed by atoms with Crippen molar-refractivity contribution in [1.29, 1.82) is 0 Å². The fraction of sp³-hybridized carbons (Fsp3) is 0.200. The molecule has 0 aliphatic carbocycles. The van der Waals surface area contributed by atoms with Gasteiger partial charge >= 0.3 is 0 Å². The van der Waals surface area contributed by atoms with Crippen LogP contribution in [0.2, 0.25) is 0 Å². The van der Waals surface area contributed by atoms with Crippen molar-refractivity contribution in [2.45, 2.75) is 17.6 Å². The van der Waals surface area contributed by atoms with Crippen molar-refractivity contribution in [2.75, 3.05) is 18.2 Å². The third kappa shape index (κ3) is 3.58. The first-order chi connectivity index (χ1) is 13.2. The Morgan fingerprint density at radius 1 is 1.33 bits per heavy atom. The number of thiazole rings is 1. The maximum Gasteiger partial charge on any atom is 0.232 e. The molecule has 2 heterocycles. The highest BCUT2D eigenvalue weighted by Crippen LogP contribution is 2.32. The maximum atomic E-state index is 12.9. The summed E-state index contributed by atoms with van der Waals surface area (Å²) in [7, 11) is 0. The minimum absolute atomic E-state index is 0.0914. The molecule has 0 bridgehead atoms. The third-order valence-electron chi connectivity index (χ3n) is 4.14. The molecule has 2 aromatic carbocycles. The summed E-state index contributed by atoms with van der Waals surface area (Å²) in [5.41, 5.74) is 2.85. The fourth-order valence-corrected chi connectivity index (χ4v) is 4.38. The Morgan fingerprint density at radius 2 is 2.19 bits per heavy atom. The first-order valence-electron chi connectivity index (χ1n) is 8.52. The molecule has 1 aliphatic heterocycles. The average Bonchev–Trinajstić information content (AvgIpc) is 3.10. The van der Waals surface area contributed by atoms with Crippen LogP contribution >= 0.6 is 23.1 Å². The molecule has 0 fully saturated rings. The Morgan fingerprint density at radius 3 is 3.00 bits per heavy atom. The number of anilines is 1. The number of para-hydroxylation sites is 1. The van der Waals surface area contributed by atoms with Crippen molar-refractivity contribution < 1.29 is 14.3 Å². The third-order valence-corrected chi connectivity index (χ3v) is 6.14. The molecule has 0 radical (unpaired) electrons. The zero-order valence-electron chi connectivity index (χ0n) is 14.9. The van der Waals surface area contributed by atoms with Crippen LogP contribution in [0, 0.1) is 0 Å². The number of nitrogens with one attached hydrogen (secondary N) is 1. The molecule has 1 atom stereocenters. The molecule has 138 valence electrons. The van der Waals surface area contributed by atoms with Gasteiger partial charge in [-0.3, -0.25) is 4.79 Å². The number of ether oxygens (including phenoxy) is 2. The molecule has 0 saturated heterocycles. The molecule has 4 rings (SSSR count). The first kappa shape index (κ1) is 18.0. The van der Waals surface area contributed by atoms with Crippen molar-refractivity contribution in [3.05, 3.63) is 59.8 Å². The van der Waals surface area contributed by atoms with Gasteiger partial charge in [0.15, 0.2) is 10.1 Å². The second-order valence-corrected chi connectivity index (χ2v) is 7.92. The molecule has 7 heteroatoms. The Hall–Kier alpha value is -2.35. The summed E-state index contributed by atoms with van der Waals surface area (Å²) in [4.78, 5) is 17.4. The summed E-state index contributed by atoms with van der Waals surface area (Å²) in [5, 5.41) is 3.21. The van der Waals surface area contributed by atoms with E-state index in [0.717, 1.165) is 20.2 Å². The largest absolute Gasteiger partial charge is 0.460 e. The highest BCUT2D eigenvalue weighted by Gasteiger charge is 2.32. The molecule has 0 amide bonds. The molecule has 27 heavy (non-hydrogen) atoms. The van der Waals surface area contributed by atoms with E-state index in [4.69, 9.17) is 9.47 Å². The Labute approximate surface area is 165 Å². The zero-order chi connectivity index (χ0) is 18.8. The quantitative estimate of drug-likeness (QED) is 0.485. The molecular weight excluding hydrogens is 380 g/mol. The van der Waals surface area contributed by atoms with E-state index < -0.39 is 6.29 Å². The standard InChI is InChI=1S/C20H18N2O3S2/c1-3-24-19-14(18(23)13-6-4-5-7-16(13)25-19)11-21-12-8-9-15-17(10-12)27-20(22-15)26-2/h4-11,19,21H,3H2,1-2H3/b14-11-/t19-/m0/s1.